The number of rotatable bonds is 9. The Morgan fingerprint density at radius 2 is 1.84 bits per heavy atom. The third kappa shape index (κ3) is 6.01. The van der Waals surface area contributed by atoms with Crippen molar-refractivity contribution < 1.29 is 19.0 Å². The van der Waals surface area contributed by atoms with E-state index in [0.29, 0.717) is 43.6 Å². The average molecular weight is 594 g/mol. The summed E-state index contributed by atoms with van der Waals surface area (Å²) in [5.74, 6) is 0.676. The van der Waals surface area contributed by atoms with Gasteiger partial charge >= 0.3 is 5.97 Å². The molecule has 3 aromatic carbocycles. The molecule has 2 heterocycles. The van der Waals surface area contributed by atoms with Crippen molar-refractivity contribution in [1.82, 2.24) is 4.57 Å². The lowest BCUT2D eigenvalue weighted by Gasteiger charge is -2.26. The maximum absolute atomic E-state index is 14.1. The first kappa shape index (κ1) is 29.5. The molecule has 1 aromatic heterocycles. The molecule has 0 spiro atoms. The second-order valence-corrected chi connectivity index (χ2v) is 11.1. The maximum atomic E-state index is 14.1. The van der Waals surface area contributed by atoms with Crippen LogP contribution < -0.4 is 24.4 Å². The lowest BCUT2D eigenvalue weighted by Crippen LogP contribution is -2.40. The van der Waals surface area contributed by atoms with Crippen LogP contribution in [0.1, 0.15) is 55.0 Å². The van der Waals surface area contributed by atoms with E-state index in [0.717, 1.165) is 16.7 Å². The maximum Gasteiger partial charge on any atom is 0.338 e. The molecule has 0 N–H and O–H groups in total. The van der Waals surface area contributed by atoms with E-state index in [-0.39, 0.29) is 18.8 Å². The number of ether oxygens (including phenoxy) is 3. The molecular weight excluding hydrogens is 562 g/mol. The predicted molar refractivity (Wildman–Crippen MR) is 166 cm³/mol. The highest BCUT2D eigenvalue weighted by molar-refractivity contribution is 7.07. The summed E-state index contributed by atoms with van der Waals surface area (Å²) in [6.45, 7) is 6.06. The third-order valence-electron chi connectivity index (χ3n) is 7.07. The molecule has 0 saturated heterocycles. The highest BCUT2D eigenvalue weighted by atomic mass is 32.1. The van der Waals surface area contributed by atoms with Gasteiger partial charge in [-0.3, -0.25) is 9.36 Å². The largest absolute Gasteiger partial charge is 0.493 e. The van der Waals surface area contributed by atoms with E-state index in [2.05, 4.69) is 13.8 Å². The molecular formula is C34H31N3O5S. The van der Waals surface area contributed by atoms with Crippen LogP contribution >= 0.6 is 11.3 Å². The van der Waals surface area contributed by atoms with Crippen LogP contribution in [0.15, 0.2) is 88.2 Å². The monoisotopic (exact) mass is 593 g/mol. The fourth-order valence-corrected chi connectivity index (χ4v) is 5.97. The van der Waals surface area contributed by atoms with Gasteiger partial charge in [0, 0.05) is 5.56 Å². The molecule has 8 nitrogen and oxygen atoms in total. The van der Waals surface area contributed by atoms with Gasteiger partial charge < -0.3 is 14.2 Å². The summed E-state index contributed by atoms with van der Waals surface area (Å²) in [6, 6.07) is 23.9. The van der Waals surface area contributed by atoms with Gasteiger partial charge in [0.05, 0.1) is 35.6 Å². The Bertz CT molecular complexity index is 1900. The smallest absolute Gasteiger partial charge is 0.338 e. The van der Waals surface area contributed by atoms with E-state index < -0.39 is 12.0 Å². The summed E-state index contributed by atoms with van der Waals surface area (Å²) in [7, 11) is 1.51. The first-order valence-electron chi connectivity index (χ1n) is 13.9. The van der Waals surface area contributed by atoms with Crippen molar-refractivity contribution in [2.24, 2.45) is 4.99 Å². The van der Waals surface area contributed by atoms with Crippen LogP contribution in [-0.4, -0.2) is 30.9 Å². The number of esters is 1. The van der Waals surface area contributed by atoms with Crippen molar-refractivity contribution in [2.75, 3.05) is 20.3 Å². The van der Waals surface area contributed by atoms with Gasteiger partial charge in [-0.1, -0.05) is 85.8 Å². The number of thiazole rings is 1. The van der Waals surface area contributed by atoms with E-state index in [4.69, 9.17) is 24.5 Å². The minimum atomic E-state index is -0.745. The van der Waals surface area contributed by atoms with Gasteiger partial charge in [-0.05, 0) is 47.7 Å². The van der Waals surface area contributed by atoms with Crippen molar-refractivity contribution in [1.29, 1.82) is 5.26 Å². The fourth-order valence-electron chi connectivity index (χ4n) is 4.97. The summed E-state index contributed by atoms with van der Waals surface area (Å²) < 4.78 is 18.5. The number of fused-ring (bicyclic) bond motifs is 1. The van der Waals surface area contributed by atoms with Crippen LogP contribution in [-0.2, 0) is 9.53 Å². The number of hydrogen-bond donors (Lipinski definition) is 0. The Balaban J connectivity index is 1.75. The van der Waals surface area contributed by atoms with Gasteiger partial charge in [-0.15, -0.1) is 0 Å². The molecule has 1 aliphatic heterocycles. The number of carbonyl (C=O) groups excluding carboxylic acids is 1. The number of aromatic nitrogens is 1. The molecule has 0 aliphatic carbocycles. The molecule has 1 atom stereocenters. The minimum Gasteiger partial charge on any atom is -0.493 e. The highest BCUT2D eigenvalue weighted by Gasteiger charge is 2.35. The Morgan fingerprint density at radius 3 is 2.49 bits per heavy atom. The van der Waals surface area contributed by atoms with Crippen LogP contribution in [0.2, 0.25) is 0 Å². The summed E-state index contributed by atoms with van der Waals surface area (Å²) >= 11 is 1.25. The van der Waals surface area contributed by atoms with E-state index in [1.807, 2.05) is 60.7 Å². The van der Waals surface area contributed by atoms with Gasteiger partial charge in [-0.2, -0.15) is 5.26 Å². The number of hydrogen-bond acceptors (Lipinski definition) is 8. The van der Waals surface area contributed by atoms with Crippen molar-refractivity contribution >= 4 is 29.1 Å². The Morgan fingerprint density at radius 1 is 1.09 bits per heavy atom. The summed E-state index contributed by atoms with van der Waals surface area (Å²) in [4.78, 5) is 33.1. The van der Waals surface area contributed by atoms with Crippen LogP contribution in [0, 0.1) is 11.3 Å². The quantitative estimate of drug-likeness (QED) is 0.254. The van der Waals surface area contributed by atoms with Crippen LogP contribution in [0.3, 0.4) is 0 Å². The van der Waals surface area contributed by atoms with Gasteiger partial charge in [0.2, 0.25) is 0 Å². The van der Waals surface area contributed by atoms with Gasteiger partial charge in [0.25, 0.3) is 5.56 Å². The molecule has 0 unspecified atom stereocenters. The normalized spacial score (nSPS) is 14.6. The van der Waals surface area contributed by atoms with Crippen molar-refractivity contribution in [3.63, 3.8) is 0 Å². The van der Waals surface area contributed by atoms with Crippen LogP contribution in [0.5, 0.6) is 11.5 Å². The molecule has 9 heteroatoms. The first-order chi connectivity index (χ1) is 20.9. The zero-order valence-corrected chi connectivity index (χ0v) is 25.2. The Kier molecular flexibility index (Phi) is 8.88. The number of nitrogens with zero attached hydrogens (tertiary/aromatic N) is 3. The molecule has 0 bridgehead atoms. The average Bonchev–Trinajstić information content (AvgIpc) is 3.34. The van der Waals surface area contributed by atoms with Crippen LogP contribution in [0.4, 0.5) is 0 Å². The molecule has 1 aliphatic rings. The predicted octanol–water partition coefficient (Wildman–Crippen LogP) is 4.97. The molecule has 218 valence electrons. The standard InChI is InChI=1S/C34H31N3O5S/c1-5-41-33(39)29-30(24-9-7-6-8-10-24)36-34-37(31(29)25-14-12-23(13-15-25)21(2)3)32(38)28(43-34)20-22-11-16-26(42-18-17-35)27(19-22)40-4/h6-16,19-21,31H,5,18H2,1-4H3/b28-20-/t31-/m1/s1. The number of benzene rings is 3. The zero-order chi connectivity index (χ0) is 30.5. The van der Waals surface area contributed by atoms with Gasteiger partial charge in [0.15, 0.2) is 22.9 Å². The second-order valence-electron chi connectivity index (χ2n) is 10.1. The molecule has 0 saturated carbocycles. The van der Waals surface area contributed by atoms with Crippen molar-refractivity contribution in [3.8, 4) is 17.6 Å². The van der Waals surface area contributed by atoms with Gasteiger partial charge in [0.1, 0.15) is 6.07 Å². The zero-order valence-electron chi connectivity index (χ0n) is 24.4. The molecule has 43 heavy (non-hydrogen) atoms. The molecule has 0 fully saturated rings. The number of nitriles is 1. The molecule has 0 radical (unpaired) electrons. The summed E-state index contributed by atoms with van der Waals surface area (Å²) in [5, 5.41) is 8.87. The van der Waals surface area contributed by atoms with E-state index in [1.165, 1.54) is 18.4 Å². The molecule has 5 rings (SSSR count). The summed E-state index contributed by atoms with van der Waals surface area (Å²) in [5.41, 5.74) is 3.90. The third-order valence-corrected chi connectivity index (χ3v) is 8.05. The number of carbonyl (C=O) groups is 1. The minimum absolute atomic E-state index is 0.112. The summed E-state index contributed by atoms with van der Waals surface area (Å²) in [6.07, 6.45) is 1.76. The lowest BCUT2D eigenvalue weighted by atomic mass is 9.91. The molecule has 4 aromatic rings. The van der Waals surface area contributed by atoms with E-state index in [1.54, 1.807) is 35.8 Å². The fraction of sp³-hybridized carbons (Fsp3) is 0.235. The highest BCUT2D eigenvalue weighted by Crippen LogP contribution is 2.35. The second kappa shape index (κ2) is 12.9. The first-order valence-corrected chi connectivity index (χ1v) is 14.7. The Labute approximate surface area is 253 Å². The lowest BCUT2D eigenvalue weighted by molar-refractivity contribution is -0.138. The molecule has 0 amide bonds. The number of methoxy groups -OCH3 is 1. The Hall–Kier alpha value is -4.94. The van der Waals surface area contributed by atoms with Crippen LogP contribution in [0.25, 0.3) is 11.8 Å². The van der Waals surface area contributed by atoms with E-state index in [9.17, 15) is 9.59 Å². The van der Waals surface area contributed by atoms with Gasteiger partial charge in [-0.25, -0.2) is 9.79 Å². The van der Waals surface area contributed by atoms with Crippen molar-refractivity contribution in [3.05, 3.63) is 120 Å². The van der Waals surface area contributed by atoms with E-state index >= 15 is 0 Å². The SMILES string of the molecule is CCOC(=O)C1=C(c2ccccc2)N=c2s/c(=C\c3ccc(OCC#N)c(OC)c3)c(=O)n2[C@@H]1c1ccc(C(C)C)cc1. The van der Waals surface area contributed by atoms with Crippen molar-refractivity contribution in [2.45, 2.75) is 32.7 Å². The topological polar surface area (TPSA) is 103 Å².